The Hall–Kier alpha value is -1.38. The van der Waals surface area contributed by atoms with Crippen LogP contribution in [0.1, 0.15) is 25.1 Å². The van der Waals surface area contributed by atoms with Crippen molar-refractivity contribution in [1.82, 2.24) is 4.98 Å². The standard InChI is InChI=1S/C10H15N3/c1-7-6-8(4-5-13-7)10(2,3)9(11)12/h4-6H,1-3H3,(H3,11,12). The van der Waals surface area contributed by atoms with E-state index in [1.54, 1.807) is 6.20 Å². The Labute approximate surface area is 78.5 Å². The van der Waals surface area contributed by atoms with E-state index in [1.807, 2.05) is 32.9 Å². The average Bonchev–Trinajstić information content (AvgIpc) is 2.04. The summed E-state index contributed by atoms with van der Waals surface area (Å²) < 4.78 is 0. The summed E-state index contributed by atoms with van der Waals surface area (Å²) in [4.78, 5) is 4.10. The van der Waals surface area contributed by atoms with E-state index in [2.05, 4.69) is 4.98 Å². The summed E-state index contributed by atoms with van der Waals surface area (Å²) in [5.41, 5.74) is 7.11. The number of hydrogen-bond donors (Lipinski definition) is 2. The number of nitrogens with zero attached hydrogens (tertiary/aromatic N) is 1. The third-order valence-electron chi connectivity index (χ3n) is 2.29. The van der Waals surface area contributed by atoms with Crippen LogP contribution in [0.25, 0.3) is 0 Å². The monoisotopic (exact) mass is 177 g/mol. The van der Waals surface area contributed by atoms with E-state index in [4.69, 9.17) is 11.1 Å². The number of rotatable bonds is 2. The van der Waals surface area contributed by atoms with Gasteiger partial charge in [-0.15, -0.1) is 0 Å². The summed E-state index contributed by atoms with van der Waals surface area (Å²) in [6.45, 7) is 5.80. The third kappa shape index (κ3) is 1.86. The van der Waals surface area contributed by atoms with Crippen molar-refractivity contribution in [2.24, 2.45) is 5.73 Å². The van der Waals surface area contributed by atoms with Crippen molar-refractivity contribution >= 4 is 5.84 Å². The van der Waals surface area contributed by atoms with Crippen molar-refractivity contribution in [3.63, 3.8) is 0 Å². The van der Waals surface area contributed by atoms with Gasteiger partial charge in [-0.25, -0.2) is 0 Å². The first-order valence-corrected chi connectivity index (χ1v) is 4.22. The van der Waals surface area contributed by atoms with Crippen LogP contribution in [0.5, 0.6) is 0 Å². The number of aryl methyl sites for hydroxylation is 1. The van der Waals surface area contributed by atoms with E-state index in [-0.39, 0.29) is 5.84 Å². The number of nitrogens with two attached hydrogens (primary N) is 1. The number of amidine groups is 1. The Morgan fingerprint density at radius 3 is 2.62 bits per heavy atom. The highest BCUT2D eigenvalue weighted by atomic mass is 14.7. The lowest BCUT2D eigenvalue weighted by Crippen LogP contribution is -2.34. The van der Waals surface area contributed by atoms with Crippen LogP contribution in [-0.4, -0.2) is 10.8 Å². The maximum absolute atomic E-state index is 7.46. The van der Waals surface area contributed by atoms with Gasteiger partial charge in [0.15, 0.2) is 0 Å². The first kappa shape index (κ1) is 9.71. The molecule has 0 bridgehead atoms. The highest BCUT2D eigenvalue weighted by Crippen LogP contribution is 2.22. The molecule has 0 aliphatic rings. The first-order valence-electron chi connectivity index (χ1n) is 4.22. The molecule has 0 unspecified atom stereocenters. The van der Waals surface area contributed by atoms with E-state index < -0.39 is 5.41 Å². The zero-order valence-electron chi connectivity index (χ0n) is 8.26. The maximum Gasteiger partial charge on any atom is 0.101 e. The minimum Gasteiger partial charge on any atom is -0.387 e. The van der Waals surface area contributed by atoms with Gasteiger partial charge in [-0.05, 0) is 38.5 Å². The number of nitrogens with one attached hydrogen (secondary N) is 1. The predicted molar refractivity (Wildman–Crippen MR) is 53.9 cm³/mol. The quantitative estimate of drug-likeness (QED) is 0.532. The molecular formula is C10H15N3. The molecule has 1 heterocycles. The molecule has 0 atom stereocenters. The molecule has 0 fully saturated rings. The lowest BCUT2D eigenvalue weighted by atomic mass is 9.84. The van der Waals surface area contributed by atoms with Gasteiger partial charge in [0.1, 0.15) is 5.84 Å². The molecule has 3 N–H and O–H groups in total. The van der Waals surface area contributed by atoms with Crippen molar-refractivity contribution < 1.29 is 0 Å². The molecule has 13 heavy (non-hydrogen) atoms. The fraction of sp³-hybridized carbons (Fsp3) is 0.400. The zero-order chi connectivity index (χ0) is 10.1. The summed E-state index contributed by atoms with van der Waals surface area (Å²) >= 11 is 0. The van der Waals surface area contributed by atoms with Gasteiger partial charge >= 0.3 is 0 Å². The van der Waals surface area contributed by atoms with Crippen molar-refractivity contribution in [1.29, 1.82) is 5.41 Å². The Morgan fingerprint density at radius 1 is 1.54 bits per heavy atom. The van der Waals surface area contributed by atoms with Crippen LogP contribution in [-0.2, 0) is 5.41 Å². The molecule has 3 heteroatoms. The number of aromatic nitrogens is 1. The zero-order valence-corrected chi connectivity index (χ0v) is 8.26. The molecule has 0 saturated heterocycles. The van der Waals surface area contributed by atoms with Gasteiger partial charge in [0, 0.05) is 17.3 Å². The van der Waals surface area contributed by atoms with E-state index >= 15 is 0 Å². The van der Waals surface area contributed by atoms with Crippen LogP contribution in [0.4, 0.5) is 0 Å². The minimum atomic E-state index is -0.395. The Kier molecular flexibility index (Phi) is 2.36. The van der Waals surface area contributed by atoms with Gasteiger partial charge < -0.3 is 5.73 Å². The molecule has 0 amide bonds. The largest absolute Gasteiger partial charge is 0.387 e. The summed E-state index contributed by atoms with van der Waals surface area (Å²) in [6.07, 6.45) is 1.75. The van der Waals surface area contributed by atoms with Crippen molar-refractivity contribution in [3.8, 4) is 0 Å². The Bertz CT molecular complexity index is 329. The number of hydrogen-bond acceptors (Lipinski definition) is 2. The number of pyridine rings is 1. The second kappa shape index (κ2) is 3.17. The van der Waals surface area contributed by atoms with Crippen LogP contribution >= 0.6 is 0 Å². The average molecular weight is 177 g/mol. The molecule has 0 saturated carbocycles. The lowest BCUT2D eigenvalue weighted by molar-refractivity contribution is 0.701. The molecule has 1 aromatic rings. The van der Waals surface area contributed by atoms with Gasteiger partial charge in [-0.2, -0.15) is 0 Å². The van der Waals surface area contributed by atoms with Crippen molar-refractivity contribution in [2.45, 2.75) is 26.2 Å². The highest BCUT2D eigenvalue weighted by Gasteiger charge is 2.23. The van der Waals surface area contributed by atoms with Crippen molar-refractivity contribution in [3.05, 3.63) is 29.6 Å². The van der Waals surface area contributed by atoms with Crippen LogP contribution in [0.3, 0.4) is 0 Å². The lowest BCUT2D eigenvalue weighted by Gasteiger charge is -2.23. The summed E-state index contributed by atoms with van der Waals surface area (Å²) in [5, 5.41) is 7.46. The van der Waals surface area contributed by atoms with Crippen LogP contribution in [0.15, 0.2) is 18.3 Å². The molecule has 0 radical (unpaired) electrons. The minimum absolute atomic E-state index is 0.179. The second-order valence-electron chi connectivity index (χ2n) is 3.72. The topological polar surface area (TPSA) is 62.8 Å². The summed E-state index contributed by atoms with van der Waals surface area (Å²) in [5.74, 6) is 0.179. The summed E-state index contributed by atoms with van der Waals surface area (Å²) in [6, 6.07) is 3.86. The second-order valence-corrected chi connectivity index (χ2v) is 3.72. The third-order valence-corrected chi connectivity index (χ3v) is 2.29. The van der Waals surface area contributed by atoms with E-state index in [9.17, 15) is 0 Å². The smallest absolute Gasteiger partial charge is 0.101 e. The normalized spacial score (nSPS) is 11.3. The van der Waals surface area contributed by atoms with Gasteiger partial charge in [-0.3, -0.25) is 10.4 Å². The van der Waals surface area contributed by atoms with Crippen LogP contribution in [0, 0.1) is 12.3 Å². The Morgan fingerprint density at radius 2 is 2.15 bits per heavy atom. The summed E-state index contributed by atoms with van der Waals surface area (Å²) in [7, 11) is 0. The predicted octanol–water partition coefficient (Wildman–Crippen LogP) is 1.60. The van der Waals surface area contributed by atoms with Gasteiger partial charge in [0.25, 0.3) is 0 Å². The molecule has 70 valence electrons. The van der Waals surface area contributed by atoms with E-state index in [0.29, 0.717) is 0 Å². The maximum atomic E-state index is 7.46. The highest BCUT2D eigenvalue weighted by molar-refractivity contribution is 5.88. The van der Waals surface area contributed by atoms with Gasteiger partial charge in [0.2, 0.25) is 0 Å². The first-order chi connectivity index (χ1) is 5.94. The fourth-order valence-corrected chi connectivity index (χ4v) is 1.09. The molecule has 0 spiro atoms. The molecule has 0 aliphatic heterocycles. The van der Waals surface area contributed by atoms with Crippen LogP contribution in [0.2, 0.25) is 0 Å². The molecule has 1 aromatic heterocycles. The fourth-order valence-electron chi connectivity index (χ4n) is 1.09. The molecule has 3 nitrogen and oxygen atoms in total. The molecular weight excluding hydrogens is 162 g/mol. The van der Waals surface area contributed by atoms with Gasteiger partial charge in [0.05, 0.1) is 0 Å². The van der Waals surface area contributed by atoms with Gasteiger partial charge in [-0.1, -0.05) is 0 Å². The van der Waals surface area contributed by atoms with Crippen molar-refractivity contribution in [2.75, 3.05) is 0 Å². The molecule has 0 aromatic carbocycles. The Balaban J connectivity index is 3.14. The van der Waals surface area contributed by atoms with E-state index in [1.165, 1.54) is 0 Å². The molecule has 1 rings (SSSR count). The van der Waals surface area contributed by atoms with E-state index in [0.717, 1.165) is 11.3 Å². The SMILES string of the molecule is Cc1cc(C(C)(C)C(=N)N)ccn1. The molecule has 0 aliphatic carbocycles. The van der Waals surface area contributed by atoms with Crippen LogP contribution < -0.4 is 5.73 Å².